The number of nitrogens with zero attached hydrogens (tertiary/aromatic N) is 4. The van der Waals surface area contributed by atoms with Gasteiger partial charge in [-0.25, -0.2) is 4.68 Å². The van der Waals surface area contributed by atoms with E-state index in [1.807, 2.05) is 0 Å². The number of aliphatic hydroxyl groups is 1. The summed E-state index contributed by atoms with van der Waals surface area (Å²) < 4.78 is 46.4. The van der Waals surface area contributed by atoms with Crippen LogP contribution in [0, 0.1) is 6.92 Å². The molecule has 3 amide bonds. The van der Waals surface area contributed by atoms with Crippen molar-refractivity contribution in [3.63, 3.8) is 0 Å². The number of halogens is 5. The predicted octanol–water partition coefficient (Wildman–Crippen LogP) is 6.64. The van der Waals surface area contributed by atoms with Gasteiger partial charge in [-0.3, -0.25) is 18.7 Å². The molecule has 10 nitrogen and oxygen atoms in total. The highest BCUT2D eigenvalue weighted by molar-refractivity contribution is 7.97. The normalized spacial score (nSPS) is 16.0. The van der Waals surface area contributed by atoms with Crippen LogP contribution in [0.4, 0.5) is 18.9 Å². The van der Waals surface area contributed by atoms with Crippen molar-refractivity contribution in [2.24, 2.45) is 5.73 Å². The number of hydrogen-bond donors (Lipinski definition) is 3. The molecule has 2 heterocycles. The number of nitrogens with one attached hydrogen (secondary N) is 1. The first-order chi connectivity index (χ1) is 23.6. The van der Waals surface area contributed by atoms with Crippen LogP contribution in [0.15, 0.2) is 60.8 Å². The maximum atomic E-state index is 14.7. The summed E-state index contributed by atoms with van der Waals surface area (Å²) in [5.41, 5.74) is 4.23. The highest BCUT2D eigenvalue weighted by Crippen LogP contribution is 2.37. The monoisotopic (exact) mass is 750 g/mol. The summed E-state index contributed by atoms with van der Waals surface area (Å²) in [5.74, 6) is -1.49. The summed E-state index contributed by atoms with van der Waals surface area (Å²) in [4.78, 5) is 40.2. The molecule has 2 unspecified atom stereocenters. The SMILES string of the molecule is CCCSN(CC(O)(CNc1cc(C)cc2c1cnn2-c1cccc(C(=O)N2CCCC2C(N)=O)c1)C(F)(F)F)C(=O)c1c(Cl)cccc1Cl. The molecular weight excluding hydrogens is 716 g/mol. The number of anilines is 1. The Hall–Kier alpha value is -3.98. The topological polar surface area (TPSA) is 134 Å². The quantitative estimate of drug-likeness (QED) is 0.138. The molecule has 4 aromatic rings. The number of aryl methyl sites for hydroxylation is 1. The summed E-state index contributed by atoms with van der Waals surface area (Å²) in [6.07, 6.45) is -2.00. The lowest BCUT2D eigenvalue weighted by atomic mass is 10.0. The van der Waals surface area contributed by atoms with E-state index in [2.05, 4.69) is 10.4 Å². The third kappa shape index (κ3) is 7.68. The first kappa shape index (κ1) is 37.3. The number of carbonyl (C=O) groups is 3. The Morgan fingerprint density at radius 3 is 2.48 bits per heavy atom. The lowest BCUT2D eigenvalue weighted by molar-refractivity contribution is -0.254. The number of likely N-dealkylation sites (tertiary alicyclic amines) is 1. The van der Waals surface area contributed by atoms with Gasteiger partial charge >= 0.3 is 6.18 Å². The number of amides is 3. The third-order valence-electron chi connectivity index (χ3n) is 8.37. The van der Waals surface area contributed by atoms with Crippen molar-refractivity contribution in [3.8, 4) is 5.69 Å². The van der Waals surface area contributed by atoms with Crippen LogP contribution in [0.5, 0.6) is 0 Å². The molecule has 4 N–H and O–H groups in total. The van der Waals surface area contributed by atoms with Crippen LogP contribution in [-0.2, 0) is 4.79 Å². The van der Waals surface area contributed by atoms with Gasteiger partial charge < -0.3 is 21.1 Å². The van der Waals surface area contributed by atoms with E-state index < -0.39 is 42.7 Å². The number of hydrogen-bond acceptors (Lipinski definition) is 7. The summed E-state index contributed by atoms with van der Waals surface area (Å²) in [6.45, 7) is 1.84. The van der Waals surface area contributed by atoms with Gasteiger partial charge in [0.25, 0.3) is 11.8 Å². The smallest absolute Gasteiger partial charge is 0.381 e. The van der Waals surface area contributed by atoms with Crippen molar-refractivity contribution in [3.05, 3.63) is 87.5 Å². The van der Waals surface area contributed by atoms with Gasteiger partial charge in [-0.2, -0.15) is 18.3 Å². The molecule has 5 rings (SSSR count). The molecule has 50 heavy (non-hydrogen) atoms. The van der Waals surface area contributed by atoms with E-state index in [4.69, 9.17) is 28.9 Å². The minimum absolute atomic E-state index is 0.0294. The molecular formula is C34H35Cl2F3N6O4S. The molecule has 266 valence electrons. The van der Waals surface area contributed by atoms with Crippen molar-refractivity contribution in [2.75, 3.05) is 30.7 Å². The molecule has 16 heteroatoms. The largest absolute Gasteiger partial charge is 0.420 e. The minimum Gasteiger partial charge on any atom is -0.381 e. The molecule has 1 aliphatic heterocycles. The zero-order chi connectivity index (χ0) is 36.4. The fourth-order valence-corrected chi connectivity index (χ4v) is 7.27. The predicted molar refractivity (Wildman–Crippen MR) is 189 cm³/mol. The average molecular weight is 752 g/mol. The molecule has 0 bridgehead atoms. The van der Waals surface area contributed by atoms with E-state index in [-0.39, 0.29) is 27.2 Å². The number of aromatic nitrogens is 2. The summed E-state index contributed by atoms with van der Waals surface area (Å²) in [6, 6.07) is 13.7. The summed E-state index contributed by atoms with van der Waals surface area (Å²) >= 11 is 13.3. The minimum atomic E-state index is -5.15. The number of fused-ring (bicyclic) bond motifs is 1. The van der Waals surface area contributed by atoms with Crippen LogP contribution in [0.25, 0.3) is 16.6 Å². The highest BCUT2D eigenvalue weighted by atomic mass is 35.5. The number of alkyl halides is 3. The van der Waals surface area contributed by atoms with Crippen molar-refractivity contribution in [2.45, 2.75) is 50.9 Å². The third-order valence-corrected chi connectivity index (χ3v) is 10.2. The van der Waals surface area contributed by atoms with Gasteiger partial charge in [-0.1, -0.05) is 42.3 Å². The fraction of sp³-hybridized carbons (Fsp3) is 0.353. The lowest BCUT2D eigenvalue weighted by Gasteiger charge is -2.35. The maximum absolute atomic E-state index is 14.7. The second-order valence-electron chi connectivity index (χ2n) is 12.1. The van der Waals surface area contributed by atoms with Crippen LogP contribution < -0.4 is 11.1 Å². The van der Waals surface area contributed by atoms with Gasteiger partial charge in [0.1, 0.15) is 6.04 Å². The van der Waals surface area contributed by atoms with Gasteiger partial charge in [0.05, 0.1) is 46.1 Å². The molecule has 1 aromatic heterocycles. The van der Waals surface area contributed by atoms with Crippen LogP contribution >= 0.6 is 35.1 Å². The Morgan fingerprint density at radius 1 is 1.12 bits per heavy atom. The average Bonchev–Trinajstić information content (AvgIpc) is 3.73. The first-order valence-corrected chi connectivity index (χ1v) is 17.5. The number of carbonyl (C=O) groups excluding carboxylic acids is 3. The van der Waals surface area contributed by atoms with E-state index in [0.29, 0.717) is 59.3 Å². The molecule has 0 aliphatic carbocycles. The van der Waals surface area contributed by atoms with Gasteiger partial charge in [0.2, 0.25) is 5.91 Å². The molecule has 3 aromatic carbocycles. The Balaban J connectivity index is 1.44. The Morgan fingerprint density at radius 2 is 1.82 bits per heavy atom. The van der Waals surface area contributed by atoms with Crippen molar-refractivity contribution in [1.29, 1.82) is 0 Å². The van der Waals surface area contributed by atoms with Crippen molar-refractivity contribution in [1.82, 2.24) is 19.0 Å². The van der Waals surface area contributed by atoms with Crippen molar-refractivity contribution >= 4 is 69.5 Å². The van der Waals surface area contributed by atoms with Crippen LogP contribution in [0.2, 0.25) is 10.0 Å². The number of rotatable bonds is 12. The van der Waals surface area contributed by atoms with Crippen LogP contribution in [0.1, 0.15) is 52.5 Å². The number of primary amides is 1. The van der Waals surface area contributed by atoms with Gasteiger partial charge in [0, 0.05) is 28.9 Å². The summed E-state index contributed by atoms with van der Waals surface area (Å²) in [7, 11) is 0. The van der Waals surface area contributed by atoms with Crippen molar-refractivity contribution < 1.29 is 32.7 Å². The number of benzene rings is 3. The molecule has 1 fully saturated rings. The maximum Gasteiger partial charge on any atom is 0.420 e. The Labute approximate surface area is 300 Å². The standard InChI is InChI=1S/C34H35Cl2F3N6O4S/c1-3-13-50-44(32(48)29-24(35)9-5-10-25(29)36)19-33(49,34(37,38)39)18-41-26-14-20(2)15-28-23(26)17-42-45(28)22-8-4-7-21(16-22)31(47)43-12-6-11-27(43)30(40)46/h4-5,7-10,14-17,27,41,49H,3,6,11-13,18-19H2,1-2H3,(H2,40,46). The van der Waals surface area contributed by atoms with Crippen LogP contribution in [0.3, 0.4) is 0 Å². The van der Waals surface area contributed by atoms with E-state index in [1.54, 1.807) is 54.9 Å². The Bertz CT molecular complexity index is 1910. The molecule has 2 atom stereocenters. The first-order valence-electron chi connectivity index (χ1n) is 15.8. The van der Waals surface area contributed by atoms with E-state index in [9.17, 15) is 32.7 Å². The Kier molecular flexibility index (Phi) is 11.3. The molecule has 0 radical (unpaired) electrons. The lowest BCUT2D eigenvalue weighted by Crippen LogP contribution is -2.57. The summed E-state index contributed by atoms with van der Waals surface area (Å²) in [5, 5.41) is 18.8. The molecule has 1 saturated heterocycles. The molecule has 1 aliphatic rings. The van der Waals surface area contributed by atoms with Gasteiger partial charge in [-0.15, -0.1) is 0 Å². The zero-order valence-electron chi connectivity index (χ0n) is 27.1. The van der Waals surface area contributed by atoms with E-state index in [0.717, 1.165) is 16.3 Å². The molecule has 0 spiro atoms. The fourth-order valence-electron chi connectivity index (χ4n) is 5.79. The second kappa shape index (κ2) is 15.1. The number of nitrogens with two attached hydrogens (primary N) is 1. The van der Waals surface area contributed by atoms with E-state index >= 15 is 0 Å². The van der Waals surface area contributed by atoms with Gasteiger partial charge in [-0.05, 0) is 86.2 Å². The molecule has 0 saturated carbocycles. The van der Waals surface area contributed by atoms with E-state index in [1.165, 1.54) is 29.3 Å². The second-order valence-corrected chi connectivity index (χ2v) is 14.0. The highest BCUT2D eigenvalue weighted by Gasteiger charge is 2.55. The van der Waals surface area contributed by atoms with Crippen LogP contribution in [-0.4, -0.2) is 85.0 Å². The zero-order valence-corrected chi connectivity index (χ0v) is 29.5. The van der Waals surface area contributed by atoms with Gasteiger partial charge in [0.15, 0.2) is 5.60 Å².